The van der Waals surface area contributed by atoms with Crippen LogP contribution in [-0.4, -0.2) is 19.6 Å². The Bertz CT molecular complexity index is 415. The number of hydrogen-bond acceptors (Lipinski definition) is 2. The summed E-state index contributed by atoms with van der Waals surface area (Å²) in [5, 5.41) is 0. The molecule has 1 fully saturated rings. The Labute approximate surface area is 125 Å². The molecule has 0 bridgehead atoms. The fraction of sp³-hybridized carbons (Fsp3) is 0.625. The van der Waals surface area contributed by atoms with Crippen molar-refractivity contribution < 1.29 is 0 Å². The van der Waals surface area contributed by atoms with Gasteiger partial charge in [-0.25, -0.2) is 0 Å². The van der Waals surface area contributed by atoms with Crippen LogP contribution in [0, 0.1) is 5.92 Å². The quantitative estimate of drug-likeness (QED) is 0.858. The molecule has 3 heteroatoms. The molecular formula is C16H25BrN2. The second-order valence-corrected chi connectivity index (χ2v) is 6.74. The first-order chi connectivity index (χ1) is 9.10. The number of halogens is 1. The predicted molar refractivity (Wildman–Crippen MR) is 86.7 cm³/mol. The topological polar surface area (TPSA) is 29.3 Å². The monoisotopic (exact) mass is 324 g/mol. The number of benzene rings is 1. The molecule has 1 unspecified atom stereocenters. The van der Waals surface area contributed by atoms with Gasteiger partial charge in [0.15, 0.2) is 0 Å². The molecule has 0 saturated heterocycles. The lowest BCUT2D eigenvalue weighted by molar-refractivity contribution is 0.321. The van der Waals surface area contributed by atoms with E-state index >= 15 is 0 Å². The average Bonchev–Trinajstić information content (AvgIpc) is 2.35. The van der Waals surface area contributed by atoms with Crippen LogP contribution >= 0.6 is 15.9 Å². The third-order valence-corrected chi connectivity index (χ3v) is 4.72. The Morgan fingerprint density at radius 1 is 1.42 bits per heavy atom. The van der Waals surface area contributed by atoms with Crippen molar-refractivity contribution >= 4 is 21.6 Å². The van der Waals surface area contributed by atoms with E-state index in [1.807, 2.05) is 0 Å². The van der Waals surface area contributed by atoms with Crippen molar-refractivity contribution in [1.82, 2.24) is 0 Å². The van der Waals surface area contributed by atoms with E-state index in [2.05, 4.69) is 53.0 Å². The Morgan fingerprint density at radius 3 is 2.74 bits per heavy atom. The fourth-order valence-electron chi connectivity index (χ4n) is 2.65. The largest absolute Gasteiger partial charge is 0.374 e. The maximum Gasteiger partial charge on any atom is 0.0408 e. The zero-order valence-electron chi connectivity index (χ0n) is 12.0. The van der Waals surface area contributed by atoms with Crippen LogP contribution in [0.25, 0.3) is 0 Å². The maximum absolute atomic E-state index is 6.12. The smallest absolute Gasteiger partial charge is 0.0408 e. The number of nitrogens with two attached hydrogens (primary N) is 1. The van der Waals surface area contributed by atoms with E-state index in [0.29, 0.717) is 0 Å². The van der Waals surface area contributed by atoms with Crippen LogP contribution in [0.2, 0.25) is 0 Å². The number of anilines is 1. The van der Waals surface area contributed by atoms with E-state index in [1.54, 1.807) is 0 Å². The second-order valence-electron chi connectivity index (χ2n) is 5.82. The van der Waals surface area contributed by atoms with Crippen LogP contribution in [-0.2, 0) is 6.42 Å². The SMILES string of the molecule is CCC(N)Cc1ccc(Br)cc1N(C)CC1CCC1. The maximum atomic E-state index is 6.12. The van der Waals surface area contributed by atoms with Gasteiger partial charge >= 0.3 is 0 Å². The molecule has 106 valence electrons. The van der Waals surface area contributed by atoms with Crippen LogP contribution in [0.1, 0.15) is 38.2 Å². The lowest BCUT2D eigenvalue weighted by atomic mass is 9.85. The van der Waals surface area contributed by atoms with Crippen LogP contribution in [0.4, 0.5) is 5.69 Å². The normalized spacial score (nSPS) is 17.1. The van der Waals surface area contributed by atoms with E-state index in [4.69, 9.17) is 5.73 Å². The summed E-state index contributed by atoms with van der Waals surface area (Å²) in [5.74, 6) is 0.886. The molecule has 2 N–H and O–H groups in total. The van der Waals surface area contributed by atoms with Crippen molar-refractivity contribution in [3.63, 3.8) is 0 Å². The van der Waals surface area contributed by atoms with Gasteiger partial charge in [0.2, 0.25) is 0 Å². The second kappa shape index (κ2) is 6.76. The number of rotatable bonds is 6. The Kier molecular flexibility index (Phi) is 5.28. The summed E-state index contributed by atoms with van der Waals surface area (Å²) in [6.45, 7) is 3.33. The molecule has 0 radical (unpaired) electrons. The fourth-order valence-corrected chi connectivity index (χ4v) is 3.00. The van der Waals surface area contributed by atoms with Gasteiger partial charge in [0.25, 0.3) is 0 Å². The molecule has 1 saturated carbocycles. The zero-order valence-corrected chi connectivity index (χ0v) is 13.6. The first-order valence-electron chi connectivity index (χ1n) is 7.35. The van der Waals surface area contributed by atoms with Crippen LogP contribution in [0.15, 0.2) is 22.7 Å². The minimum atomic E-state index is 0.261. The first-order valence-corrected chi connectivity index (χ1v) is 8.14. The molecule has 1 aliphatic rings. The van der Waals surface area contributed by atoms with E-state index in [-0.39, 0.29) is 6.04 Å². The van der Waals surface area contributed by atoms with Gasteiger partial charge in [0, 0.05) is 29.8 Å². The molecule has 1 aromatic rings. The first kappa shape index (κ1) is 14.9. The van der Waals surface area contributed by atoms with Gasteiger partial charge in [-0.2, -0.15) is 0 Å². The molecule has 19 heavy (non-hydrogen) atoms. The summed E-state index contributed by atoms with van der Waals surface area (Å²) >= 11 is 3.59. The minimum Gasteiger partial charge on any atom is -0.374 e. The van der Waals surface area contributed by atoms with Crippen molar-refractivity contribution in [2.45, 2.75) is 45.1 Å². The minimum absolute atomic E-state index is 0.261. The van der Waals surface area contributed by atoms with Crippen molar-refractivity contribution in [1.29, 1.82) is 0 Å². The van der Waals surface area contributed by atoms with Gasteiger partial charge in [-0.15, -0.1) is 0 Å². The Hall–Kier alpha value is -0.540. The molecule has 1 aromatic carbocycles. The molecule has 2 nitrogen and oxygen atoms in total. The van der Waals surface area contributed by atoms with Crippen LogP contribution < -0.4 is 10.6 Å². The summed E-state index contributed by atoms with van der Waals surface area (Å²) in [7, 11) is 2.21. The lowest BCUT2D eigenvalue weighted by Gasteiger charge is -2.32. The highest BCUT2D eigenvalue weighted by molar-refractivity contribution is 9.10. The van der Waals surface area contributed by atoms with Gasteiger partial charge < -0.3 is 10.6 Å². The van der Waals surface area contributed by atoms with Crippen LogP contribution in [0.5, 0.6) is 0 Å². The van der Waals surface area contributed by atoms with Crippen molar-refractivity contribution in [3.05, 3.63) is 28.2 Å². The summed E-state index contributed by atoms with van der Waals surface area (Å²) in [5.41, 5.74) is 8.83. The standard InChI is InChI=1S/C16H25BrN2/c1-3-15(18)9-13-7-8-14(17)10-16(13)19(2)11-12-5-4-6-12/h7-8,10,12,15H,3-6,9,11,18H2,1-2H3. The van der Waals surface area contributed by atoms with E-state index in [9.17, 15) is 0 Å². The van der Waals surface area contributed by atoms with Gasteiger partial charge in [0.1, 0.15) is 0 Å². The van der Waals surface area contributed by atoms with Crippen molar-refractivity contribution in [2.24, 2.45) is 11.7 Å². The molecule has 0 spiro atoms. The Morgan fingerprint density at radius 2 is 2.16 bits per heavy atom. The Balaban J connectivity index is 2.12. The number of nitrogens with zero attached hydrogens (tertiary/aromatic N) is 1. The lowest BCUT2D eigenvalue weighted by Crippen LogP contribution is -2.30. The third kappa shape index (κ3) is 3.96. The van der Waals surface area contributed by atoms with Gasteiger partial charge in [-0.1, -0.05) is 35.3 Å². The predicted octanol–water partition coefficient (Wildman–Crippen LogP) is 3.97. The highest BCUT2D eigenvalue weighted by Gasteiger charge is 2.20. The van der Waals surface area contributed by atoms with Crippen molar-refractivity contribution in [2.75, 3.05) is 18.5 Å². The molecule has 0 amide bonds. The van der Waals surface area contributed by atoms with Gasteiger partial charge in [-0.3, -0.25) is 0 Å². The molecule has 1 aliphatic carbocycles. The van der Waals surface area contributed by atoms with Gasteiger partial charge in [0.05, 0.1) is 0 Å². The molecule has 0 heterocycles. The zero-order chi connectivity index (χ0) is 13.8. The molecular weight excluding hydrogens is 300 g/mol. The summed E-state index contributed by atoms with van der Waals surface area (Å²) < 4.78 is 1.15. The van der Waals surface area contributed by atoms with Crippen LogP contribution in [0.3, 0.4) is 0 Å². The average molecular weight is 325 g/mol. The molecule has 0 aromatic heterocycles. The summed E-state index contributed by atoms with van der Waals surface area (Å²) in [6, 6.07) is 6.83. The molecule has 2 rings (SSSR count). The third-order valence-electron chi connectivity index (χ3n) is 4.22. The molecule has 1 atom stereocenters. The van der Waals surface area contributed by atoms with E-state index in [1.165, 1.54) is 37.1 Å². The molecule has 0 aliphatic heterocycles. The van der Waals surface area contributed by atoms with E-state index in [0.717, 1.165) is 23.2 Å². The highest BCUT2D eigenvalue weighted by Crippen LogP contribution is 2.31. The summed E-state index contributed by atoms with van der Waals surface area (Å²) in [6.07, 6.45) is 6.19. The van der Waals surface area contributed by atoms with E-state index < -0.39 is 0 Å². The van der Waals surface area contributed by atoms with Gasteiger partial charge in [-0.05, 0) is 49.3 Å². The highest BCUT2D eigenvalue weighted by atomic mass is 79.9. The summed E-state index contributed by atoms with van der Waals surface area (Å²) in [4.78, 5) is 2.41. The van der Waals surface area contributed by atoms with Crippen molar-refractivity contribution in [3.8, 4) is 0 Å². The number of hydrogen-bond donors (Lipinski definition) is 1.